The van der Waals surface area contributed by atoms with Gasteiger partial charge in [-0.3, -0.25) is 4.68 Å². The van der Waals surface area contributed by atoms with Crippen molar-refractivity contribution >= 4 is 15.9 Å². The number of rotatable bonds is 7. The van der Waals surface area contributed by atoms with Gasteiger partial charge >= 0.3 is 0 Å². The fourth-order valence-corrected chi connectivity index (χ4v) is 4.01. The predicted octanol–water partition coefficient (Wildman–Crippen LogP) is 4.68. The highest BCUT2D eigenvalue weighted by Crippen LogP contribution is 2.48. The standard InChI is InChI=1S/C16H28BrN3/c1-4-10-18-15(16(3)8-6-7-9-16)14-13(17)12-19-20(14)11-5-2/h12,15,18H,4-11H2,1-3H3. The molecule has 1 atom stereocenters. The molecule has 1 saturated carbocycles. The minimum absolute atomic E-state index is 0.364. The van der Waals surface area contributed by atoms with Gasteiger partial charge in [-0.15, -0.1) is 0 Å². The molecule has 1 N–H and O–H groups in total. The third kappa shape index (κ3) is 3.28. The minimum Gasteiger partial charge on any atom is -0.308 e. The molecule has 1 unspecified atom stereocenters. The molecule has 0 saturated heterocycles. The van der Waals surface area contributed by atoms with Crippen molar-refractivity contribution < 1.29 is 0 Å². The first-order chi connectivity index (χ1) is 9.62. The van der Waals surface area contributed by atoms with Crippen LogP contribution < -0.4 is 5.32 Å². The monoisotopic (exact) mass is 341 g/mol. The fourth-order valence-electron chi connectivity index (χ4n) is 3.48. The van der Waals surface area contributed by atoms with Crippen LogP contribution >= 0.6 is 15.9 Å². The molecule has 20 heavy (non-hydrogen) atoms. The number of nitrogens with zero attached hydrogens (tertiary/aromatic N) is 2. The van der Waals surface area contributed by atoms with E-state index in [1.54, 1.807) is 0 Å². The van der Waals surface area contributed by atoms with E-state index in [2.05, 4.69) is 51.8 Å². The smallest absolute Gasteiger partial charge is 0.0701 e. The Hall–Kier alpha value is -0.350. The van der Waals surface area contributed by atoms with Gasteiger partial charge in [0.1, 0.15) is 0 Å². The molecule has 1 heterocycles. The van der Waals surface area contributed by atoms with Crippen LogP contribution in [0.4, 0.5) is 0 Å². The van der Waals surface area contributed by atoms with E-state index < -0.39 is 0 Å². The zero-order valence-electron chi connectivity index (χ0n) is 13.1. The molecule has 0 aromatic carbocycles. The maximum absolute atomic E-state index is 4.57. The molecule has 2 rings (SSSR count). The summed E-state index contributed by atoms with van der Waals surface area (Å²) in [5.74, 6) is 0. The van der Waals surface area contributed by atoms with Crippen LogP contribution in [-0.4, -0.2) is 16.3 Å². The number of aryl methyl sites for hydroxylation is 1. The fraction of sp³-hybridized carbons (Fsp3) is 0.812. The average molecular weight is 342 g/mol. The zero-order valence-corrected chi connectivity index (χ0v) is 14.7. The van der Waals surface area contributed by atoms with Crippen LogP contribution in [0, 0.1) is 5.41 Å². The molecule has 0 spiro atoms. The van der Waals surface area contributed by atoms with E-state index in [0.717, 1.165) is 24.0 Å². The molecule has 0 bridgehead atoms. The van der Waals surface area contributed by atoms with E-state index >= 15 is 0 Å². The molecule has 1 aromatic rings. The first-order valence-corrected chi connectivity index (χ1v) is 8.86. The lowest BCUT2D eigenvalue weighted by Gasteiger charge is -2.35. The second-order valence-corrected chi connectivity index (χ2v) is 7.20. The maximum Gasteiger partial charge on any atom is 0.0701 e. The van der Waals surface area contributed by atoms with Gasteiger partial charge in [0.05, 0.1) is 22.4 Å². The lowest BCUT2D eigenvalue weighted by Crippen LogP contribution is -2.37. The molecule has 0 aliphatic heterocycles. The van der Waals surface area contributed by atoms with E-state index in [1.165, 1.54) is 37.8 Å². The van der Waals surface area contributed by atoms with Crippen molar-refractivity contribution in [1.82, 2.24) is 15.1 Å². The van der Waals surface area contributed by atoms with Gasteiger partial charge in [-0.2, -0.15) is 5.10 Å². The summed E-state index contributed by atoms with van der Waals surface area (Å²) in [5, 5.41) is 8.37. The Balaban J connectivity index is 2.32. The van der Waals surface area contributed by atoms with Crippen molar-refractivity contribution in [3.05, 3.63) is 16.4 Å². The van der Waals surface area contributed by atoms with E-state index in [-0.39, 0.29) is 0 Å². The van der Waals surface area contributed by atoms with Crippen molar-refractivity contribution in [3.8, 4) is 0 Å². The summed E-state index contributed by atoms with van der Waals surface area (Å²) in [6.07, 6.45) is 9.62. The molecular formula is C16H28BrN3. The maximum atomic E-state index is 4.57. The van der Waals surface area contributed by atoms with Gasteiger partial charge in [0, 0.05) is 6.54 Å². The van der Waals surface area contributed by atoms with Crippen LogP contribution in [0.25, 0.3) is 0 Å². The molecule has 1 aliphatic carbocycles. The van der Waals surface area contributed by atoms with Gasteiger partial charge in [-0.1, -0.05) is 33.6 Å². The van der Waals surface area contributed by atoms with Gasteiger partial charge < -0.3 is 5.32 Å². The predicted molar refractivity (Wildman–Crippen MR) is 87.8 cm³/mol. The Bertz CT molecular complexity index is 421. The highest BCUT2D eigenvalue weighted by molar-refractivity contribution is 9.10. The van der Waals surface area contributed by atoms with Crippen molar-refractivity contribution in [2.45, 2.75) is 71.9 Å². The SMILES string of the molecule is CCCNC(c1c(Br)cnn1CCC)C1(C)CCCC1. The second kappa shape index (κ2) is 7.08. The molecule has 0 radical (unpaired) electrons. The summed E-state index contributed by atoms with van der Waals surface area (Å²) < 4.78 is 3.36. The van der Waals surface area contributed by atoms with Crippen molar-refractivity contribution in [2.24, 2.45) is 5.41 Å². The molecule has 114 valence electrons. The van der Waals surface area contributed by atoms with Gasteiger partial charge in [-0.25, -0.2) is 0 Å². The summed E-state index contributed by atoms with van der Waals surface area (Å²) in [5.41, 5.74) is 1.72. The Kier molecular flexibility index (Phi) is 5.67. The number of halogens is 1. The van der Waals surface area contributed by atoms with Crippen LogP contribution in [0.5, 0.6) is 0 Å². The van der Waals surface area contributed by atoms with Gasteiger partial charge in [0.2, 0.25) is 0 Å². The highest BCUT2D eigenvalue weighted by Gasteiger charge is 2.40. The van der Waals surface area contributed by atoms with Gasteiger partial charge in [0.25, 0.3) is 0 Å². The largest absolute Gasteiger partial charge is 0.308 e. The first kappa shape index (κ1) is 16.0. The molecule has 1 aromatic heterocycles. The quantitative estimate of drug-likeness (QED) is 0.780. The molecule has 3 nitrogen and oxygen atoms in total. The van der Waals surface area contributed by atoms with Crippen LogP contribution in [0.1, 0.15) is 71.0 Å². The molecule has 1 aliphatic rings. The Morgan fingerprint density at radius 2 is 2.05 bits per heavy atom. The Morgan fingerprint density at radius 1 is 1.35 bits per heavy atom. The van der Waals surface area contributed by atoms with E-state index in [9.17, 15) is 0 Å². The Morgan fingerprint density at radius 3 is 2.65 bits per heavy atom. The zero-order chi connectivity index (χ0) is 14.6. The molecule has 4 heteroatoms. The second-order valence-electron chi connectivity index (χ2n) is 6.35. The van der Waals surface area contributed by atoms with Crippen LogP contribution in [0.15, 0.2) is 10.7 Å². The van der Waals surface area contributed by atoms with Gasteiger partial charge in [0.15, 0.2) is 0 Å². The molecular weight excluding hydrogens is 314 g/mol. The minimum atomic E-state index is 0.364. The molecule has 0 amide bonds. The number of hydrogen-bond acceptors (Lipinski definition) is 2. The third-order valence-electron chi connectivity index (χ3n) is 4.58. The first-order valence-electron chi connectivity index (χ1n) is 8.07. The van der Waals surface area contributed by atoms with Crippen LogP contribution in [-0.2, 0) is 6.54 Å². The summed E-state index contributed by atoms with van der Waals surface area (Å²) >= 11 is 3.73. The van der Waals surface area contributed by atoms with E-state index in [4.69, 9.17) is 0 Å². The summed E-state index contributed by atoms with van der Waals surface area (Å²) in [6, 6.07) is 0.411. The number of hydrogen-bond donors (Lipinski definition) is 1. The summed E-state index contributed by atoms with van der Waals surface area (Å²) in [7, 11) is 0. The van der Waals surface area contributed by atoms with Crippen LogP contribution in [0.2, 0.25) is 0 Å². The third-order valence-corrected chi connectivity index (χ3v) is 5.19. The molecule has 1 fully saturated rings. The lowest BCUT2D eigenvalue weighted by molar-refractivity contribution is 0.212. The number of nitrogens with one attached hydrogen (secondary N) is 1. The van der Waals surface area contributed by atoms with Gasteiger partial charge in [-0.05, 0) is 53.6 Å². The summed E-state index contributed by atoms with van der Waals surface area (Å²) in [6.45, 7) is 8.97. The van der Waals surface area contributed by atoms with E-state index in [0.29, 0.717) is 11.5 Å². The van der Waals surface area contributed by atoms with Crippen molar-refractivity contribution in [1.29, 1.82) is 0 Å². The van der Waals surface area contributed by atoms with Crippen molar-refractivity contribution in [2.75, 3.05) is 6.54 Å². The van der Waals surface area contributed by atoms with E-state index in [1.807, 2.05) is 6.20 Å². The number of aromatic nitrogens is 2. The summed E-state index contributed by atoms with van der Waals surface area (Å²) in [4.78, 5) is 0. The van der Waals surface area contributed by atoms with Crippen molar-refractivity contribution in [3.63, 3.8) is 0 Å². The normalized spacial score (nSPS) is 19.4. The Labute approximate surface area is 131 Å². The average Bonchev–Trinajstić information content (AvgIpc) is 3.00. The van der Waals surface area contributed by atoms with Crippen LogP contribution in [0.3, 0.4) is 0 Å². The highest BCUT2D eigenvalue weighted by atomic mass is 79.9. The topological polar surface area (TPSA) is 29.9 Å². The lowest BCUT2D eigenvalue weighted by atomic mass is 9.79.